The summed E-state index contributed by atoms with van der Waals surface area (Å²) in [5, 5.41) is 0. The molecule has 5 heteroatoms. The highest BCUT2D eigenvalue weighted by molar-refractivity contribution is 7.91. The predicted molar refractivity (Wildman–Crippen MR) is 172 cm³/mol. The van der Waals surface area contributed by atoms with Gasteiger partial charge in [-0.1, -0.05) is 71.0 Å². The number of sulfone groups is 1. The number of benzene rings is 4. The molecule has 0 unspecified atom stereocenters. The maximum Gasteiger partial charge on any atom is 0.206 e. The second-order valence-corrected chi connectivity index (χ2v) is 14.7. The van der Waals surface area contributed by atoms with E-state index < -0.39 is 9.84 Å². The molecule has 4 rings (SSSR count). The standard InChI is InChI=1S/C37H44O4S/c1-9-37(8,10-2)29-15-23-33(24-16-29)42(38,39)34-25-21-31(22-26-34)40-30-17-11-27(12-18-30)36(6,7)28-13-19-32(20-14-28)41-35(3,4)5/h11-26H,9-10H2,1-8H3. The highest BCUT2D eigenvalue weighted by Crippen LogP contribution is 2.35. The zero-order chi connectivity index (χ0) is 30.8. The van der Waals surface area contributed by atoms with Crippen LogP contribution in [-0.4, -0.2) is 14.0 Å². The molecule has 0 aromatic heterocycles. The van der Waals surface area contributed by atoms with Crippen LogP contribution in [0.15, 0.2) is 107 Å². The molecule has 0 fully saturated rings. The van der Waals surface area contributed by atoms with E-state index in [1.807, 2.05) is 57.2 Å². The number of hydrogen-bond acceptors (Lipinski definition) is 4. The summed E-state index contributed by atoms with van der Waals surface area (Å²) in [5.41, 5.74) is 3.10. The zero-order valence-electron chi connectivity index (χ0n) is 26.2. The molecule has 4 aromatic rings. The molecule has 4 aromatic carbocycles. The van der Waals surface area contributed by atoms with Crippen LogP contribution in [0.25, 0.3) is 0 Å². The molecular formula is C37H44O4S. The van der Waals surface area contributed by atoms with Gasteiger partial charge < -0.3 is 9.47 Å². The second-order valence-electron chi connectivity index (χ2n) is 12.8. The van der Waals surface area contributed by atoms with Gasteiger partial charge in [-0.25, -0.2) is 8.42 Å². The summed E-state index contributed by atoms with van der Waals surface area (Å²) in [4.78, 5) is 0.538. The predicted octanol–water partition coefficient (Wildman–Crippen LogP) is 9.89. The molecule has 42 heavy (non-hydrogen) atoms. The van der Waals surface area contributed by atoms with Crippen molar-refractivity contribution in [3.8, 4) is 17.2 Å². The SMILES string of the molecule is CCC(C)(CC)c1ccc(S(=O)(=O)c2ccc(Oc3ccc(C(C)(C)c4ccc(OC(C)(C)C)cc4)cc3)cc2)cc1. The van der Waals surface area contributed by atoms with Crippen LogP contribution in [0.2, 0.25) is 0 Å². The van der Waals surface area contributed by atoms with Gasteiger partial charge in [0.05, 0.1) is 9.79 Å². The van der Waals surface area contributed by atoms with Crippen LogP contribution in [-0.2, 0) is 20.7 Å². The molecule has 0 heterocycles. The average molecular weight is 585 g/mol. The molecule has 0 aliphatic carbocycles. The first-order chi connectivity index (χ1) is 19.7. The normalized spacial score (nSPS) is 12.7. The third-order valence-electron chi connectivity index (χ3n) is 8.37. The Kier molecular flexibility index (Phi) is 8.94. The van der Waals surface area contributed by atoms with Crippen molar-refractivity contribution in [1.29, 1.82) is 0 Å². The number of ether oxygens (including phenoxy) is 2. The fourth-order valence-electron chi connectivity index (χ4n) is 5.05. The van der Waals surface area contributed by atoms with E-state index >= 15 is 0 Å². The molecule has 222 valence electrons. The first-order valence-corrected chi connectivity index (χ1v) is 16.2. The quantitative estimate of drug-likeness (QED) is 0.186. The molecule has 0 saturated heterocycles. The van der Waals surface area contributed by atoms with Crippen LogP contribution in [0.5, 0.6) is 17.2 Å². The van der Waals surface area contributed by atoms with Crippen LogP contribution in [0, 0.1) is 0 Å². The number of rotatable bonds is 10. The van der Waals surface area contributed by atoms with Gasteiger partial charge in [0.2, 0.25) is 9.84 Å². The number of hydrogen-bond donors (Lipinski definition) is 0. The van der Waals surface area contributed by atoms with Crippen LogP contribution in [0.1, 0.15) is 84.9 Å². The van der Waals surface area contributed by atoms with Crippen molar-refractivity contribution in [2.24, 2.45) is 0 Å². The zero-order valence-corrected chi connectivity index (χ0v) is 27.0. The lowest BCUT2D eigenvalue weighted by Crippen LogP contribution is -2.23. The van der Waals surface area contributed by atoms with Gasteiger partial charge >= 0.3 is 0 Å². The molecular weight excluding hydrogens is 540 g/mol. The van der Waals surface area contributed by atoms with Crippen molar-refractivity contribution in [2.45, 2.75) is 94.5 Å². The molecule has 0 atom stereocenters. The minimum Gasteiger partial charge on any atom is -0.488 e. The highest BCUT2D eigenvalue weighted by atomic mass is 32.2. The average Bonchev–Trinajstić information content (AvgIpc) is 2.97. The highest BCUT2D eigenvalue weighted by Gasteiger charge is 2.25. The Labute approximate surface area is 252 Å². The molecule has 0 amide bonds. The maximum atomic E-state index is 13.3. The van der Waals surface area contributed by atoms with Crippen molar-refractivity contribution in [2.75, 3.05) is 0 Å². The smallest absolute Gasteiger partial charge is 0.206 e. The first-order valence-electron chi connectivity index (χ1n) is 14.7. The lowest BCUT2D eigenvalue weighted by Gasteiger charge is -2.27. The Morgan fingerprint density at radius 1 is 0.524 bits per heavy atom. The summed E-state index contributed by atoms with van der Waals surface area (Å²) in [6.07, 6.45) is 2.00. The van der Waals surface area contributed by atoms with Crippen molar-refractivity contribution in [1.82, 2.24) is 0 Å². The van der Waals surface area contributed by atoms with Crippen molar-refractivity contribution in [3.63, 3.8) is 0 Å². The Hall–Kier alpha value is -3.57. The Bertz CT molecular complexity index is 1570. The van der Waals surface area contributed by atoms with E-state index in [0.29, 0.717) is 16.4 Å². The first kappa shape index (κ1) is 31.4. The minimum absolute atomic E-state index is 0.0438. The van der Waals surface area contributed by atoms with E-state index in [4.69, 9.17) is 9.47 Å². The van der Waals surface area contributed by atoms with Crippen molar-refractivity contribution >= 4 is 9.84 Å². The fraction of sp³-hybridized carbons (Fsp3) is 0.351. The van der Waals surface area contributed by atoms with E-state index in [1.54, 1.807) is 36.4 Å². The fourth-order valence-corrected chi connectivity index (χ4v) is 6.31. The van der Waals surface area contributed by atoms with E-state index in [0.717, 1.165) is 29.7 Å². The van der Waals surface area contributed by atoms with E-state index in [9.17, 15) is 8.42 Å². The van der Waals surface area contributed by atoms with Gasteiger partial charge in [0, 0.05) is 5.41 Å². The van der Waals surface area contributed by atoms with Crippen LogP contribution in [0.4, 0.5) is 0 Å². The van der Waals surface area contributed by atoms with Crippen LogP contribution in [0.3, 0.4) is 0 Å². The molecule has 0 bridgehead atoms. The summed E-state index contributed by atoms with van der Waals surface area (Å²) < 4.78 is 38.6. The van der Waals surface area contributed by atoms with Gasteiger partial charge in [-0.3, -0.25) is 0 Å². The van der Waals surface area contributed by atoms with Gasteiger partial charge in [0.15, 0.2) is 0 Å². The van der Waals surface area contributed by atoms with E-state index in [2.05, 4.69) is 58.9 Å². The maximum absolute atomic E-state index is 13.3. The summed E-state index contributed by atoms with van der Waals surface area (Å²) in [6.45, 7) is 17.1. The van der Waals surface area contributed by atoms with Gasteiger partial charge in [-0.2, -0.15) is 0 Å². The van der Waals surface area contributed by atoms with Gasteiger partial charge in [0.1, 0.15) is 22.8 Å². The Morgan fingerprint density at radius 2 is 0.881 bits per heavy atom. The molecule has 0 saturated carbocycles. The Morgan fingerprint density at radius 3 is 1.29 bits per heavy atom. The van der Waals surface area contributed by atoms with Gasteiger partial charge in [-0.15, -0.1) is 0 Å². The third-order valence-corrected chi connectivity index (χ3v) is 10.2. The van der Waals surface area contributed by atoms with Crippen molar-refractivity contribution < 1.29 is 17.9 Å². The molecule has 0 spiro atoms. The lowest BCUT2D eigenvalue weighted by atomic mass is 9.78. The summed E-state index contributed by atoms with van der Waals surface area (Å²) in [5.74, 6) is 2.12. The lowest BCUT2D eigenvalue weighted by molar-refractivity contribution is 0.131. The van der Waals surface area contributed by atoms with Crippen molar-refractivity contribution in [3.05, 3.63) is 114 Å². The van der Waals surface area contributed by atoms with E-state index in [1.165, 1.54) is 5.56 Å². The topological polar surface area (TPSA) is 52.6 Å². The molecule has 0 aliphatic heterocycles. The minimum atomic E-state index is -3.63. The third kappa shape index (κ3) is 6.90. The van der Waals surface area contributed by atoms with Gasteiger partial charge in [-0.05, 0) is 116 Å². The summed E-state index contributed by atoms with van der Waals surface area (Å²) in [7, 11) is -3.63. The monoisotopic (exact) mass is 584 g/mol. The second kappa shape index (κ2) is 12.0. The van der Waals surface area contributed by atoms with Crippen LogP contribution >= 0.6 is 0 Å². The Balaban J connectivity index is 1.45. The van der Waals surface area contributed by atoms with Crippen LogP contribution < -0.4 is 9.47 Å². The largest absolute Gasteiger partial charge is 0.488 e. The molecule has 4 nitrogen and oxygen atoms in total. The molecule has 0 N–H and O–H groups in total. The van der Waals surface area contributed by atoms with E-state index in [-0.39, 0.29) is 21.3 Å². The molecule has 0 radical (unpaired) electrons. The summed E-state index contributed by atoms with van der Waals surface area (Å²) >= 11 is 0. The van der Waals surface area contributed by atoms with Gasteiger partial charge in [0.25, 0.3) is 0 Å². The molecule has 0 aliphatic rings. The summed E-state index contributed by atoms with van der Waals surface area (Å²) in [6, 6.07) is 30.2.